The van der Waals surface area contributed by atoms with Gasteiger partial charge in [0.15, 0.2) is 11.3 Å². The molecule has 0 saturated carbocycles. The number of aryl methyl sites for hydroxylation is 3. The molecular weight excluding hydrogens is 570 g/mol. The fourth-order valence-electron chi connectivity index (χ4n) is 4.20. The van der Waals surface area contributed by atoms with Gasteiger partial charge >= 0.3 is 0 Å². The van der Waals surface area contributed by atoms with E-state index in [1.54, 1.807) is 55.5 Å². The maximum absolute atomic E-state index is 13.3. The summed E-state index contributed by atoms with van der Waals surface area (Å²) in [5.41, 5.74) is 3.05. The Hall–Kier alpha value is -4.42. The van der Waals surface area contributed by atoms with Crippen LogP contribution in [0.1, 0.15) is 16.7 Å². The van der Waals surface area contributed by atoms with Gasteiger partial charge in [-0.05, 0) is 68.8 Å². The van der Waals surface area contributed by atoms with Crippen LogP contribution in [0.15, 0.2) is 101 Å². The lowest BCUT2D eigenvalue weighted by Crippen LogP contribution is -2.12. The summed E-state index contributed by atoms with van der Waals surface area (Å²) in [6.45, 7) is 5.49. The van der Waals surface area contributed by atoms with Crippen LogP contribution in [0, 0.1) is 32.4 Å². The highest BCUT2D eigenvalue weighted by molar-refractivity contribution is 7.90. The van der Waals surface area contributed by atoms with E-state index < -0.39 is 31.7 Å². The first-order chi connectivity index (χ1) is 19.4. The molecule has 6 rings (SSSR count). The average Bonchev–Trinajstić information content (AvgIpc) is 3.51. The summed E-state index contributed by atoms with van der Waals surface area (Å²) in [5.74, 6) is -0.987. The molecule has 41 heavy (non-hydrogen) atoms. The van der Waals surface area contributed by atoms with Crippen LogP contribution in [0.3, 0.4) is 0 Å². The quantitative estimate of drug-likeness (QED) is 0.258. The second-order valence-corrected chi connectivity index (χ2v) is 13.1. The average molecular weight is 595 g/mol. The Kier molecular flexibility index (Phi) is 7.22. The van der Waals surface area contributed by atoms with Crippen molar-refractivity contribution >= 4 is 42.1 Å². The SMILES string of the molecule is Cc1ccc(S(=O)(=O)n2cc(C)c3cc(F)cnc32)cc1.Cc1ccc(S(=O)(=O)n2ccc3cc(F)cnc32)cc1. The van der Waals surface area contributed by atoms with E-state index in [9.17, 15) is 25.6 Å². The lowest BCUT2D eigenvalue weighted by Gasteiger charge is -2.07. The molecule has 4 heterocycles. The van der Waals surface area contributed by atoms with Gasteiger partial charge in [0.2, 0.25) is 0 Å². The third-order valence-electron chi connectivity index (χ3n) is 6.39. The number of halogens is 2. The van der Waals surface area contributed by atoms with Crippen molar-refractivity contribution < 1.29 is 25.6 Å². The molecule has 12 heteroatoms. The highest BCUT2D eigenvalue weighted by atomic mass is 32.2. The minimum Gasteiger partial charge on any atom is -0.234 e. The van der Waals surface area contributed by atoms with Crippen molar-refractivity contribution in [1.29, 1.82) is 0 Å². The lowest BCUT2D eigenvalue weighted by atomic mass is 10.2. The van der Waals surface area contributed by atoms with Crippen LogP contribution in [0.5, 0.6) is 0 Å². The third kappa shape index (κ3) is 5.35. The van der Waals surface area contributed by atoms with Gasteiger partial charge in [-0.15, -0.1) is 0 Å². The van der Waals surface area contributed by atoms with E-state index in [2.05, 4.69) is 9.97 Å². The van der Waals surface area contributed by atoms with Gasteiger partial charge < -0.3 is 0 Å². The predicted molar refractivity (Wildman–Crippen MR) is 152 cm³/mol. The van der Waals surface area contributed by atoms with Gasteiger partial charge in [-0.3, -0.25) is 0 Å². The summed E-state index contributed by atoms with van der Waals surface area (Å²) in [4.78, 5) is 8.13. The highest BCUT2D eigenvalue weighted by Gasteiger charge is 2.22. The Bertz CT molecular complexity index is 2120. The Morgan fingerprint density at radius 2 is 1.12 bits per heavy atom. The Balaban J connectivity index is 0.000000165. The fourth-order valence-corrected chi connectivity index (χ4v) is 6.89. The molecule has 8 nitrogen and oxygen atoms in total. The minimum atomic E-state index is -3.74. The molecule has 0 bridgehead atoms. The summed E-state index contributed by atoms with van der Waals surface area (Å²) in [5, 5.41) is 0.936. The van der Waals surface area contributed by atoms with Gasteiger partial charge in [0.05, 0.1) is 22.2 Å². The zero-order valence-electron chi connectivity index (χ0n) is 22.2. The molecule has 0 unspecified atom stereocenters. The van der Waals surface area contributed by atoms with Crippen molar-refractivity contribution in [2.75, 3.05) is 0 Å². The maximum Gasteiger partial charge on any atom is 0.269 e. The number of rotatable bonds is 4. The van der Waals surface area contributed by atoms with E-state index in [0.717, 1.165) is 31.5 Å². The zero-order valence-corrected chi connectivity index (χ0v) is 23.8. The van der Waals surface area contributed by atoms with E-state index in [4.69, 9.17) is 0 Å². The number of fused-ring (bicyclic) bond motifs is 2. The second kappa shape index (κ2) is 10.5. The smallest absolute Gasteiger partial charge is 0.234 e. The van der Waals surface area contributed by atoms with Crippen LogP contribution in [-0.4, -0.2) is 34.7 Å². The number of pyridine rings is 2. The number of benzene rings is 2. The number of aromatic nitrogens is 4. The normalized spacial score (nSPS) is 11.9. The first-order valence-corrected chi connectivity index (χ1v) is 15.2. The molecule has 6 aromatic rings. The van der Waals surface area contributed by atoms with Gasteiger partial charge in [0.25, 0.3) is 20.0 Å². The van der Waals surface area contributed by atoms with Gasteiger partial charge in [-0.1, -0.05) is 35.4 Å². The number of hydrogen-bond donors (Lipinski definition) is 0. The van der Waals surface area contributed by atoms with Crippen LogP contribution in [0.4, 0.5) is 8.78 Å². The van der Waals surface area contributed by atoms with Gasteiger partial charge in [0, 0.05) is 23.2 Å². The molecule has 0 N–H and O–H groups in total. The lowest BCUT2D eigenvalue weighted by molar-refractivity contribution is 0.586. The van der Waals surface area contributed by atoms with E-state index in [1.165, 1.54) is 30.6 Å². The molecule has 0 amide bonds. The first kappa shape index (κ1) is 28.1. The van der Waals surface area contributed by atoms with Crippen molar-refractivity contribution in [1.82, 2.24) is 17.9 Å². The molecule has 0 atom stereocenters. The number of hydrogen-bond acceptors (Lipinski definition) is 6. The summed E-state index contributed by atoms with van der Waals surface area (Å²) in [7, 11) is -7.46. The van der Waals surface area contributed by atoms with Crippen molar-refractivity contribution in [3.8, 4) is 0 Å². The second-order valence-electron chi connectivity index (χ2n) is 9.45. The van der Waals surface area contributed by atoms with Crippen molar-refractivity contribution in [2.24, 2.45) is 0 Å². The van der Waals surface area contributed by atoms with Crippen LogP contribution < -0.4 is 0 Å². The highest BCUT2D eigenvalue weighted by Crippen LogP contribution is 2.25. The van der Waals surface area contributed by atoms with Gasteiger partial charge in [0.1, 0.15) is 11.6 Å². The molecule has 0 spiro atoms. The summed E-state index contributed by atoms with van der Waals surface area (Å²) >= 11 is 0. The molecule has 0 saturated heterocycles. The standard InChI is InChI=1S/C15H13FN2O2S.C14H11FN2O2S/c1-10-3-5-13(6-4-10)21(19,20)18-9-11(2)14-7-12(16)8-17-15(14)18;1-10-2-4-13(5-3-10)20(18,19)17-7-6-11-8-12(15)9-16-14(11)17/h3-9H,1-2H3;2-9H,1H3. The molecule has 0 aliphatic rings. The van der Waals surface area contributed by atoms with Crippen molar-refractivity contribution in [3.63, 3.8) is 0 Å². The summed E-state index contributed by atoms with van der Waals surface area (Å²) in [6, 6.07) is 17.2. The van der Waals surface area contributed by atoms with E-state index in [1.807, 2.05) is 13.8 Å². The van der Waals surface area contributed by atoms with Crippen LogP contribution >= 0.6 is 0 Å². The van der Waals surface area contributed by atoms with Gasteiger partial charge in [-0.2, -0.15) is 0 Å². The van der Waals surface area contributed by atoms with Crippen LogP contribution in [0.2, 0.25) is 0 Å². The van der Waals surface area contributed by atoms with E-state index in [-0.39, 0.29) is 21.1 Å². The molecule has 2 aromatic carbocycles. The fraction of sp³-hybridized carbons (Fsp3) is 0.103. The third-order valence-corrected chi connectivity index (χ3v) is 9.74. The Morgan fingerprint density at radius 1 is 0.634 bits per heavy atom. The predicted octanol–water partition coefficient (Wildman–Crippen LogP) is 5.75. The Morgan fingerprint density at radius 3 is 1.68 bits per heavy atom. The zero-order chi connectivity index (χ0) is 29.5. The topological polar surface area (TPSA) is 104 Å². The van der Waals surface area contributed by atoms with E-state index in [0.29, 0.717) is 16.3 Å². The first-order valence-electron chi connectivity index (χ1n) is 12.3. The Labute approximate surface area is 235 Å². The van der Waals surface area contributed by atoms with Crippen LogP contribution in [-0.2, 0) is 20.0 Å². The maximum atomic E-state index is 13.3. The van der Waals surface area contributed by atoms with Crippen LogP contribution in [0.25, 0.3) is 22.1 Å². The molecule has 0 radical (unpaired) electrons. The summed E-state index contributed by atoms with van der Waals surface area (Å²) in [6.07, 6.45) is 4.87. The molecular formula is C29H24F2N4O4S2. The molecule has 0 aliphatic heterocycles. The van der Waals surface area contributed by atoms with E-state index >= 15 is 0 Å². The summed E-state index contributed by atoms with van der Waals surface area (Å²) < 4.78 is 79.0. The molecule has 0 aliphatic carbocycles. The van der Waals surface area contributed by atoms with Crippen molar-refractivity contribution in [3.05, 3.63) is 120 Å². The largest absolute Gasteiger partial charge is 0.269 e. The van der Waals surface area contributed by atoms with Crippen molar-refractivity contribution in [2.45, 2.75) is 30.6 Å². The minimum absolute atomic E-state index is 0.173. The molecule has 4 aromatic heterocycles. The van der Waals surface area contributed by atoms with Gasteiger partial charge in [-0.25, -0.2) is 43.5 Å². The number of nitrogens with zero attached hydrogens (tertiary/aromatic N) is 4. The molecule has 0 fully saturated rings. The monoisotopic (exact) mass is 594 g/mol. The molecule has 210 valence electrons.